The van der Waals surface area contributed by atoms with Gasteiger partial charge in [0.15, 0.2) is 0 Å². The fraction of sp³-hybridized carbons (Fsp3) is 0.500. The van der Waals surface area contributed by atoms with Crippen LogP contribution in [0.4, 0.5) is 14.5 Å². The summed E-state index contributed by atoms with van der Waals surface area (Å²) in [6.07, 6.45) is 3.94. The monoisotopic (exact) mass is 284 g/mol. The van der Waals surface area contributed by atoms with Gasteiger partial charge < -0.3 is 10.6 Å². The third-order valence-electron chi connectivity index (χ3n) is 3.69. The molecule has 1 aliphatic rings. The molecule has 0 amide bonds. The molecule has 1 aromatic carbocycles. The van der Waals surface area contributed by atoms with Crippen molar-refractivity contribution in [3.8, 4) is 0 Å². The number of thiocarbonyl (C=S) groups is 1. The van der Waals surface area contributed by atoms with Gasteiger partial charge in [0, 0.05) is 18.2 Å². The number of benzene rings is 1. The molecule has 0 saturated carbocycles. The second kappa shape index (κ2) is 5.82. The summed E-state index contributed by atoms with van der Waals surface area (Å²) >= 11 is 4.76. The van der Waals surface area contributed by atoms with Gasteiger partial charge in [-0.25, -0.2) is 8.78 Å². The first-order valence-electron chi connectivity index (χ1n) is 6.60. The lowest BCUT2D eigenvalue weighted by molar-refractivity contribution is 0.434. The molecule has 1 fully saturated rings. The van der Waals surface area contributed by atoms with E-state index in [1.54, 1.807) is 0 Å². The van der Waals surface area contributed by atoms with Crippen LogP contribution in [0.2, 0.25) is 0 Å². The van der Waals surface area contributed by atoms with Crippen molar-refractivity contribution in [2.45, 2.75) is 38.6 Å². The highest BCUT2D eigenvalue weighted by molar-refractivity contribution is 7.80. The summed E-state index contributed by atoms with van der Waals surface area (Å²) in [4.78, 5) is 1.85. The average Bonchev–Trinajstić information content (AvgIpc) is 2.38. The van der Waals surface area contributed by atoms with Crippen LogP contribution in [0.15, 0.2) is 12.1 Å². The second-order valence-corrected chi connectivity index (χ2v) is 5.34. The summed E-state index contributed by atoms with van der Waals surface area (Å²) in [6.45, 7) is 2.74. The van der Waals surface area contributed by atoms with E-state index in [-0.39, 0.29) is 22.3 Å². The molecule has 19 heavy (non-hydrogen) atoms. The van der Waals surface area contributed by atoms with Gasteiger partial charge in [0.25, 0.3) is 0 Å². The zero-order valence-corrected chi connectivity index (χ0v) is 11.8. The van der Waals surface area contributed by atoms with Gasteiger partial charge in [-0.05, 0) is 37.8 Å². The Labute approximate surface area is 117 Å². The number of hydrogen-bond acceptors (Lipinski definition) is 2. The number of nitrogens with two attached hydrogens (primary N) is 1. The van der Waals surface area contributed by atoms with Gasteiger partial charge in [0.1, 0.15) is 22.3 Å². The number of piperidine rings is 1. The molecule has 2 N–H and O–H groups in total. The lowest BCUT2D eigenvalue weighted by Crippen LogP contribution is -2.40. The molecule has 0 aliphatic carbocycles. The maximum atomic E-state index is 14.2. The van der Waals surface area contributed by atoms with Crippen LogP contribution in [-0.4, -0.2) is 17.6 Å². The molecule has 2 rings (SSSR count). The van der Waals surface area contributed by atoms with E-state index in [1.807, 2.05) is 11.8 Å². The number of rotatable bonds is 3. The van der Waals surface area contributed by atoms with E-state index in [0.29, 0.717) is 6.54 Å². The number of halogens is 2. The van der Waals surface area contributed by atoms with Gasteiger partial charge in [-0.2, -0.15) is 0 Å². The summed E-state index contributed by atoms with van der Waals surface area (Å²) in [5, 5.41) is 0. The normalized spacial score (nSPS) is 19.5. The van der Waals surface area contributed by atoms with Crippen LogP contribution in [0.5, 0.6) is 0 Å². The summed E-state index contributed by atoms with van der Waals surface area (Å²) in [7, 11) is 0. The van der Waals surface area contributed by atoms with E-state index < -0.39 is 11.6 Å². The molecule has 1 aromatic rings. The fourth-order valence-corrected chi connectivity index (χ4v) is 2.82. The third kappa shape index (κ3) is 2.86. The van der Waals surface area contributed by atoms with Gasteiger partial charge in [-0.15, -0.1) is 0 Å². The molecule has 0 radical (unpaired) electrons. The number of anilines is 1. The lowest BCUT2D eigenvalue weighted by Gasteiger charge is -2.37. The Morgan fingerprint density at radius 3 is 2.53 bits per heavy atom. The predicted molar refractivity (Wildman–Crippen MR) is 77.5 cm³/mol. The molecule has 0 spiro atoms. The van der Waals surface area contributed by atoms with Gasteiger partial charge >= 0.3 is 0 Å². The first-order chi connectivity index (χ1) is 9.04. The van der Waals surface area contributed by atoms with E-state index in [1.165, 1.54) is 12.1 Å². The summed E-state index contributed by atoms with van der Waals surface area (Å²) < 4.78 is 28.3. The molecular formula is C14H18F2N2S. The molecule has 5 heteroatoms. The van der Waals surface area contributed by atoms with Crippen LogP contribution in [-0.2, 0) is 0 Å². The van der Waals surface area contributed by atoms with E-state index in [2.05, 4.69) is 0 Å². The second-order valence-electron chi connectivity index (χ2n) is 4.90. The molecule has 2 nitrogen and oxygen atoms in total. The molecule has 1 aliphatic heterocycles. The van der Waals surface area contributed by atoms with Crippen molar-refractivity contribution in [2.75, 3.05) is 11.4 Å². The van der Waals surface area contributed by atoms with Gasteiger partial charge in [0.05, 0.1) is 0 Å². The molecule has 1 saturated heterocycles. The van der Waals surface area contributed by atoms with Gasteiger partial charge in [0.2, 0.25) is 0 Å². The third-order valence-corrected chi connectivity index (χ3v) is 3.92. The Balaban J connectivity index is 2.41. The highest BCUT2D eigenvalue weighted by Gasteiger charge is 2.26. The Morgan fingerprint density at radius 1 is 1.37 bits per heavy atom. The fourth-order valence-electron chi connectivity index (χ4n) is 2.70. The lowest BCUT2D eigenvalue weighted by atomic mass is 9.98. The highest BCUT2D eigenvalue weighted by atomic mass is 32.1. The van der Waals surface area contributed by atoms with Crippen LogP contribution in [0.1, 0.15) is 38.2 Å². The largest absolute Gasteiger partial charge is 0.389 e. The molecule has 0 aromatic heterocycles. The first kappa shape index (κ1) is 14.2. The standard InChI is InChI=1S/C14H18F2N2S/c1-2-10-5-3-4-6-18(10)13-11(15)7-9(14(17)19)8-12(13)16/h7-8,10H,2-6H2,1H3,(H2,17,19). The van der Waals surface area contributed by atoms with E-state index in [9.17, 15) is 8.78 Å². The van der Waals surface area contributed by atoms with Crippen LogP contribution in [0.3, 0.4) is 0 Å². The van der Waals surface area contributed by atoms with Crippen LogP contribution >= 0.6 is 12.2 Å². The number of hydrogen-bond donors (Lipinski definition) is 1. The van der Waals surface area contributed by atoms with Crippen LogP contribution < -0.4 is 10.6 Å². The molecule has 104 valence electrons. The molecule has 1 atom stereocenters. The smallest absolute Gasteiger partial charge is 0.150 e. The SMILES string of the molecule is CCC1CCCCN1c1c(F)cc(C(N)=S)cc1F. The Morgan fingerprint density at radius 2 is 2.00 bits per heavy atom. The summed E-state index contributed by atoms with van der Waals surface area (Å²) in [5.41, 5.74) is 5.71. The van der Waals surface area contributed by atoms with Crippen LogP contribution in [0.25, 0.3) is 0 Å². The molecule has 1 heterocycles. The van der Waals surface area contributed by atoms with Crippen molar-refractivity contribution in [3.05, 3.63) is 29.3 Å². The maximum Gasteiger partial charge on any atom is 0.150 e. The summed E-state index contributed by atoms with van der Waals surface area (Å²) in [6, 6.07) is 2.65. The van der Waals surface area contributed by atoms with Crippen molar-refractivity contribution in [1.29, 1.82) is 0 Å². The van der Waals surface area contributed by atoms with Gasteiger partial charge in [-0.3, -0.25) is 0 Å². The Hall–Kier alpha value is -1.23. The predicted octanol–water partition coefficient (Wildman–Crippen LogP) is 3.37. The molecule has 1 unspecified atom stereocenters. The first-order valence-corrected chi connectivity index (χ1v) is 7.01. The maximum absolute atomic E-state index is 14.2. The zero-order valence-electron chi connectivity index (χ0n) is 11.0. The molecular weight excluding hydrogens is 266 g/mol. The van der Waals surface area contributed by atoms with Crippen molar-refractivity contribution < 1.29 is 8.78 Å². The summed E-state index contributed by atoms with van der Waals surface area (Å²) in [5.74, 6) is -1.16. The minimum absolute atomic E-state index is 0.00929. The minimum atomic E-state index is -0.580. The quantitative estimate of drug-likeness (QED) is 0.863. The highest BCUT2D eigenvalue weighted by Crippen LogP contribution is 2.31. The minimum Gasteiger partial charge on any atom is -0.389 e. The van der Waals surface area contributed by atoms with Crippen molar-refractivity contribution in [1.82, 2.24) is 0 Å². The molecule has 0 bridgehead atoms. The van der Waals surface area contributed by atoms with E-state index in [0.717, 1.165) is 25.7 Å². The number of nitrogens with zero attached hydrogens (tertiary/aromatic N) is 1. The van der Waals surface area contributed by atoms with E-state index >= 15 is 0 Å². The Kier molecular flexibility index (Phi) is 4.34. The van der Waals surface area contributed by atoms with E-state index in [4.69, 9.17) is 18.0 Å². The Bertz CT molecular complexity index is 467. The van der Waals surface area contributed by atoms with Crippen molar-refractivity contribution in [2.24, 2.45) is 5.73 Å². The van der Waals surface area contributed by atoms with Gasteiger partial charge in [-0.1, -0.05) is 19.1 Å². The topological polar surface area (TPSA) is 29.3 Å². The zero-order chi connectivity index (χ0) is 14.0. The van der Waals surface area contributed by atoms with Crippen molar-refractivity contribution >= 4 is 22.9 Å². The van der Waals surface area contributed by atoms with Crippen molar-refractivity contribution in [3.63, 3.8) is 0 Å². The average molecular weight is 284 g/mol. The van der Waals surface area contributed by atoms with Crippen LogP contribution in [0, 0.1) is 11.6 Å².